The van der Waals surface area contributed by atoms with E-state index in [4.69, 9.17) is 0 Å². The number of amides is 1. The maximum absolute atomic E-state index is 12.9. The van der Waals surface area contributed by atoms with Crippen LogP contribution in [0.2, 0.25) is 0 Å². The highest BCUT2D eigenvalue weighted by Crippen LogP contribution is 2.26. The number of aromatic nitrogens is 4. The molecule has 0 saturated carbocycles. The fraction of sp³-hybridized carbons (Fsp3) is 0.333. The van der Waals surface area contributed by atoms with Crippen molar-refractivity contribution < 1.29 is 4.79 Å². The van der Waals surface area contributed by atoms with Gasteiger partial charge in [0.15, 0.2) is 5.69 Å². The van der Waals surface area contributed by atoms with Crippen molar-refractivity contribution in [2.75, 3.05) is 5.43 Å². The van der Waals surface area contributed by atoms with Gasteiger partial charge in [0.25, 0.3) is 5.91 Å². The van der Waals surface area contributed by atoms with Gasteiger partial charge in [0.05, 0.1) is 5.69 Å². The van der Waals surface area contributed by atoms with Crippen LogP contribution in [0.4, 0.5) is 5.95 Å². The molecular weight excluding hydrogens is 352 g/mol. The summed E-state index contributed by atoms with van der Waals surface area (Å²) in [7, 11) is 0. The van der Waals surface area contributed by atoms with E-state index in [0.717, 1.165) is 54.0 Å². The van der Waals surface area contributed by atoms with E-state index in [2.05, 4.69) is 25.9 Å². The molecule has 1 aromatic carbocycles. The molecule has 0 unspecified atom stereocenters. The van der Waals surface area contributed by atoms with Gasteiger partial charge in [-0.2, -0.15) is 5.10 Å². The fourth-order valence-electron chi connectivity index (χ4n) is 3.69. The fourth-order valence-corrected chi connectivity index (χ4v) is 3.69. The average molecular weight is 376 g/mol. The summed E-state index contributed by atoms with van der Waals surface area (Å²) < 4.78 is 1.92. The van der Waals surface area contributed by atoms with Gasteiger partial charge >= 0.3 is 0 Å². The molecule has 0 atom stereocenters. The largest absolute Gasteiger partial charge is 0.290 e. The van der Waals surface area contributed by atoms with E-state index >= 15 is 0 Å². The zero-order valence-electron chi connectivity index (χ0n) is 16.2. The van der Waals surface area contributed by atoms with Gasteiger partial charge in [-0.3, -0.25) is 15.6 Å². The van der Waals surface area contributed by atoms with Crippen LogP contribution in [-0.4, -0.2) is 25.7 Å². The Bertz CT molecular complexity index is 975. The molecule has 2 N–H and O–H groups in total. The van der Waals surface area contributed by atoms with Crippen LogP contribution < -0.4 is 10.9 Å². The van der Waals surface area contributed by atoms with Crippen molar-refractivity contribution in [1.29, 1.82) is 0 Å². The van der Waals surface area contributed by atoms with Crippen LogP contribution in [0, 0.1) is 13.8 Å². The van der Waals surface area contributed by atoms with E-state index in [0.29, 0.717) is 11.6 Å². The van der Waals surface area contributed by atoms with Crippen molar-refractivity contribution in [3.8, 4) is 5.69 Å². The normalized spacial score (nSPS) is 13.5. The van der Waals surface area contributed by atoms with Crippen molar-refractivity contribution in [2.45, 2.75) is 46.0 Å². The van der Waals surface area contributed by atoms with Gasteiger partial charge in [-0.05, 0) is 57.7 Å². The van der Waals surface area contributed by atoms with E-state index in [9.17, 15) is 4.79 Å². The van der Waals surface area contributed by atoms with Gasteiger partial charge in [0.1, 0.15) is 0 Å². The molecule has 7 nitrogen and oxygen atoms in total. The minimum atomic E-state index is -0.268. The lowest BCUT2D eigenvalue weighted by Crippen LogP contribution is -2.31. The van der Waals surface area contributed by atoms with Crippen molar-refractivity contribution in [3.05, 3.63) is 64.7 Å². The number of rotatable bonds is 4. The highest BCUT2D eigenvalue weighted by molar-refractivity contribution is 5.94. The van der Waals surface area contributed by atoms with Crippen molar-refractivity contribution in [1.82, 2.24) is 25.2 Å². The SMILES string of the molecule is Cc1cc(C)nc(NNC(=O)c2nn(-c3ccccc3)c3c2CCCCC3)n1. The summed E-state index contributed by atoms with van der Waals surface area (Å²) in [5.41, 5.74) is 10.8. The Balaban J connectivity index is 1.63. The van der Waals surface area contributed by atoms with E-state index in [-0.39, 0.29) is 5.91 Å². The third-order valence-electron chi connectivity index (χ3n) is 4.92. The molecule has 2 heterocycles. The van der Waals surface area contributed by atoms with Gasteiger partial charge in [-0.25, -0.2) is 14.6 Å². The maximum atomic E-state index is 12.9. The van der Waals surface area contributed by atoms with E-state index in [1.807, 2.05) is 54.9 Å². The lowest BCUT2D eigenvalue weighted by Gasteiger charge is -2.08. The van der Waals surface area contributed by atoms with Gasteiger partial charge in [-0.15, -0.1) is 0 Å². The minimum absolute atomic E-state index is 0.268. The molecule has 0 spiro atoms. The summed E-state index contributed by atoms with van der Waals surface area (Å²) in [4.78, 5) is 21.5. The number of anilines is 1. The summed E-state index contributed by atoms with van der Waals surface area (Å²) in [6.07, 6.45) is 5.14. The van der Waals surface area contributed by atoms with E-state index in [1.54, 1.807) is 0 Å². The monoisotopic (exact) mass is 376 g/mol. The molecule has 0 saturated heterocycles. The summed E-state index contributed by atoms with van der Waals surface area (Å²) in [5, 5.41) is 4.67. The molecule has 1 amide bonds. The lowest BCUT2D eigenvalue weighted by molar-refractivity contribution is 0.0956. The van der Waals surface area contributed by atoms with Crippen LogP contribution in [0.25, 0.3) is 5.69 Å². The first-order valence-electron chi connectivity index (χ1n) is 9.66. The first kappa shape index (κ1) is 18.2. The molecule has 4 rings (SSSR count). The third-order valence-corrected chi connectivity index (χ3v) is 4.92. The predicted molar refractivity (Wildman–Crippen MR) is 107 cm³/mol. The summed E-state index contributed by atoms with van der Waals surface area (Å²) in [6, 6.07) is 11.9. The molecule has 0 aliphatic heterocycles. The first-order chi connectivity index (χ1) is 13.6. The second kappa shape index (κ2) is 7.80. The molecule has 28 heavy (non-hydrogen) atoms. The number of nitrogens with one attached hydrogen (secondary N) is 2. The third kappa shape index (κ3) is 3.74. The number of benzene rings is 1. The lowest BCUT2D eigenvalue weighted by atomic mass is 10.1. The highest BCUT2D eigenvalue weighted by atomic mass is 16.2. The van der Waals surface area contributed by atoms with Gasteiger partial charge in [0, 0.05) is 22.6 Å². The topological polar surface area (TPSA) is 84.7 Å². The smallest absolute Gasteiger partial charge is 0.266 e. The van der Waals surface area contributed by atoms with Gasteiger partial charge in [-0.1, -0.05) is 24.6 Å². The average Bonchev–Trinajstić information content (AvgIpc) is 2.87. The molecule has 0 radical (unpaired) electrons. The number of hydrogen-bond acceptors (Lipinski definition) is 5. The quantitative estimate of drug-likeness (QED) is 0.539. The summed E-state index contributed by atoms with van der Waals surface area (Å²) >= 11 is 0. The highest BCUT2D eigenvalue weighted by Gasteiger charge is 2.24. The standard InChI is InChI=1S/C21H24N6O/c1-14-13-15(2)23-21(22-14)25-24-20(28)19-17-11-7-4-8-12-18(17)27(26-19)16-9-5-3-6-10-16/h3,5-6,9-10,13H,4,7-8,11-12H2,1-2H3,(H,24,28)(H,22,23,25). The van der Waals surface area contributed by atoms with Crippen LogP contribution in [0.15, 0.2) is 36.4 Å². The zero-order chi connectivity index (χ0) is 19.5. The Morgan fingerprint density at radius 1 is 1.00 bits per heavy atom. The number of carbonyl (C=O) groups excluding carboxylic acids is 1. The molecule has 7 heteroatoms. The predicted octanol–water partition coefficient (Wildman–Crippen LogP) is 3.30. The van der Waals surface area contributed by atoms with E-state index < -0.39 is 0 Å². The van der Waals surface area contributed by atoms with Crippen molar-refractivity contribution in [2.24, 2.45) is 0 Å². The minimum Gasteiger partial charge on any atom is -0.266 e. The summed E-state index contributed by atoms with van der Waals surface area (Å²) in [5.74, 6) is 0.107. The molecule has 3 aromatic rings. The van der Waals surface area contributed by atoms with Crippen LogP contribution in [0.5, 0.6) is 0 Å². The number of para-hydroxylation sites is 1. The molecule has 0 fully saturated rings. The maximum Gasteiger partial charge on any atom is 0.290 e. The van der Waals surface area contributed by atoms with Crippen LogP contribution in [-0.2, 0) is 12.8 Å². The molecule has 144 valence electrons. The van der Waals surface area contributed by atoms with Crippen molar-refractivity contribution >= 4 is 11.9 Å². The number of nitrogens with zero attached hydrogens (tertiary/aromatic N) is 4. The van der Waals surface area contributed by atoms with Gasteiger partial charge in [0.2, 0.25) is 5.95 Å². The van der Waals surface area contributed by atoms with Gasteiger partial charge < -0.3 is 0 Å². The second-order valence-electron chi connectivity index (χ2n) is 7.14. The summed E-state index contributed by atoms with van der Waals surface area (Å²) in [6.45, 7) is 3.78. The molecule has 2 aromatic heterocycles. The molecule has 0 bridgehead atoms. The van der Waals surface area contributed by atoms with Crippen LogP contribution in [0.1, 0.15) is 52.4 Å². The molecule has 1 aliphatic carbocycles. The van der Waals surface area contributed by atoms with Crippen molar-refractivity contribution in [3.63, 3.8) is 0 Å². The molecule has 1 aliphatic rings. The number of aryl methyl sites for hydroxylation is 2. The number of carbonyl (C=O) groups is 1. The number of fused-ring (bicyclic) bond motifs is 1. The Kier molecular flexibility index (Phi) is 5.06. The van der Waals surface area contributed by atoms with Crippen LogP contribution in [0.3, 0.4) is 0 Å². The Hall–Kier alpha value is -3.22. The Morgan fingerprint density at radius 2 is 1.71 bits per heavy atom. The Labute approximate surface area is 164 Å². The second-order valence-corrected chi connectivity index (χ2v) is 7.14. The number of hydrogen-bond donors (Lipinski definition) is 2. The number of hydrazine groups is 1. The Morgan fingerprint density at radius 3 is 2.46 bits per heavy atom. The van der Waals surface area contributed by atoms with E-state index in [1.165, 1.54) is 6.42 Å². The first-order valence-corrected chi connectivity index (χ1v) is 9.66. The zero-order valence-corrected chi connectivity index (χ0v) is 16.2. The van der Waals surface area contributed by atoms with Crippen LogP contribution >= 0.6 is 0 Å². The molecular formula is C21H24N6O.